The predicted octanol–water partition coefficient (Wildman–Crippen LogP) is 0.316. The zero-order valence-electron chi connectivity index (χ0n) is 8.81. The Morgan fingerprint density at radius 1 is 0.765 bits per heavy atom. The fourth-order valence-corrected chi connectivity index (χ4v) is 2.99. The molecular weight excluding hydrogens is 323 g/mol. The molecule has 0 aliphatic heterocycles. The van der Waals surface area contributed by atoms with Gasteiger partial charge in [-0.05, 0) is 0 Å². The Bertz CT molecular complexity index is 484. The van der Waals surface area contributed by atoms with E-state index in [1.54, 1.807) is 0 Å². The van der Waals surface area contributed by atoms with Crippen molar-refractivity contribution in [2.75, 3.05) is 0 Å². The van der Waals surface area contributed by atoms with Gasteiger partial charge < -0.3 is 0 Å². The van der Waals surface area contributed by atoms with Crippen LogP contribution < -0.4 is 0 Å². The van der Waals surface area contributed by atoms with E-state index in [1.807, 2.05) is 36.8 Å². The summed E-state index contributed by atoms with van der Waals surface area (Å²) in [7, 11) is 0. The predicted molar refractivity (Wildman–Crippen MR) is 61.4 cm³/mol. The van der Waals surface area contributed by atoms with Crippen LogP contribution in [0.5, 0.6) is 0 Å². The third-order valence-electron chi connectivity index (χ3n) is 2.65. The van der Waals surface area contributed by atoms with Gasteiger partial charge in [0.25, 0.3) is 0 Å². The number of H-pyrrole nitrogens is 3. The average molecular weight is 332 g/mol. The molecule has 7 heteroatoms. The van der Waals surface area contributed by atoms with Crippen molar-refractivity contribution in [3.05, 3.63) is 53.9 Å². The second kappa shape index (κ2) is 4.02. The monoisotopic (exact) mass is 333 g/mol. The molecule has 3 rings (SSSR count). The summed E-state index contributed by atoms with van der Waals surface area (Å²) in [5, 5.41) is 21.4. The van der Waals surface area contributed by atoms with Crippen molar-refractivity contribution in [3.63, 3.8) is 0 Å². The van der Waals surface area contributed by atoms with Gasteiger partial charge in [-0.25, -0.2) is 0 Å². The second-order valence-electron chi connectivity index (χ2n) is 3.63. The van der Waals surface area contributed by atoms with E-state index in [2.05, 4.69) is 30.6 Å². The number of hydrogen-bond acceptors (Lipinski definition) is 3. The normalized spacial score (nSPS) is 11.8. The molecule has 0 aliphatic carbocycles. The van der Waals surface area contributed by atoms with Crippen LogP contribution in [0.1, 0.15) is 17.1 Å². The van der Waals surface area contributed by atoms with Crippen molar-refractivity contribution in [2.24, 2.45) is 0 Å². The van der Waals surface area contributed by atoms with Crippen LogP contribution in [0.2, 0.25) is 0 Å². The van der Waals surface area contributed by atoms with Crippen LogP contribution in [0.25, 0.3) is 0 Å². The summed E-state index contributed by atoms with van der Waals surface area (Å²) < 4.78 is -0.368. The van der Waals surface area contributed by atoms with Gasteiger partial charge in [0.05, 0.1) is 0 Å². The molecule has 0 saturated carbocycles. The Labute approximate surface area is 110 Å². The molecule has 0 unspecified atom stereocenters. The molecule has 0 bridgehead atoms. The summed E-state index contributed by atoms with van der Waals surface area (Å²) in [6.45, 7) is 0. The summed E-state index contributed by atoms with van der Waals surface area (Å²) >= 11 is 1.26. The van der Waals surface area contributed by atoms with Crippen molar-refractivity contribution in [3.8, 4) is 0 Å². The first-order valence-corrected chi connectivity index (χ1v) is 6.50. The standard InChI is InChI=1S/C10H9N6.Sn/c1-4-11-14-7(1)10(8-2-5-12-15-8)9-3-6-13-16-9;/h1-6H,(H,11,14)(H,12,15)(H,13,16);. The van der Waals surface area contributed by atoms with Gasteiger partial charge in [0, 0.05) is 0 Å². The molecule has 0 aromatic carbocycles. The van der Waals surface area contributed by atoms with Crippen LogP contribution in [0, 0.1) is 0 Å². The Morgan fingerprint density at radius 2 is 1.12 bits per heavy atom. The topological polar surface area (TPSA) is 86.0 Å². The molecule has 0 saturated heterocycles. The van der Waals surface area contributed by atoms with Gasteiger partial charge in [-0.2, -0.15) is 0 Å². The van der Waals surface area contributed by atoms with Crippen molar-refractivity contribution >= 4 is 22.5 Å². The van der Waals surface area contributed by atoms with Gasteiger partial charge in [-0.1, -0.05) is 0 Å². The van der Waals surface area contributed by atoms with Gasteiger partial charge in [0.15, 0.2) is 0 Å². The van der Waals surface area contributed by atoms with Crippen molar-refractivity contribution < 1.29 is 0 Å². The first-order valence-electron chi connectivity index (χ1n) is 5.07. The molecule has 0 aliphatic rings. The van der Waals surface area contributed by atoms with Crippen LogP contribution in [-0.4, -0.2) is 53.1 Å². The molecule has 0 amide bonds. The summed E-state index contributed by atoms with van der Waals surface area (Å²) in [4.78, 5) is 0. The van der Waals surface area contributed by atoms with E-state index in [0.717, 1.165) is 17.1 Å². The summed E-state index contributed by atoms with van der Waals surface area (Å²) in [6, 6.07) is 5.87. The minimum absolute atomic E-state index is 0.368. The molecule has 0 spiro atoms. The fourth-order valence-electron chi connectivity index (χ4n) is 1.80. The number of nitrogens with zero attached hydrogens (tertiary/aromatic N) is 3. The molecule has 3 aromatic rings. The summed E-state index contributed by atoms with van der Waals surface area (Å²) in [6.07, 6.45) is 5.44. The van der Waals surface area contributed by atoms with E-state index in [1.165, 1.54) is 22.5 Å². The third kappa shape index (κ3) is 1.59. The molecular formula is C10H9N6Sn. The quantitative estimate of drug-likeness (QED) is 0.604. The molecule has 3 radical (unpaired) electrons. The van der Waals surface area contributed by atoms with Gasteiger partial charge in [-0.3, -0.25) is 0 Å². The SMILES string of the molecule is [Sn][C](c1cc[nH]n1)(c1cc[nH]n1)c1cc[nH]n1. The van der Waals surface area contributed by atoms with E-state index in [4.69, 9.17) is 0 Å². The molecule has 0 fully saturated rings. The van der Waals surface area contributed by atoms with Crippen LogP contribution in [-0.2, 0) is 3.43 Å². The first-order chi connectivity index (χ1) is 8.32. The zero-order chi connectivity index (χ0) is 11.7. The van der Waals surface area contributed by atoms with Gasteiger partial charge in [0.2, 0.25) is 0 Å². The maximum absolute atomic E-state index is 4.29. The number of nitrogens with one attached hydrogen (secondary N) is 3. The number of rotatable bonds is 3. The second-order valence-corrected chi connectivity index (χ2v) is 5.77. The van der Waals surface area contributed by atoms with Crippen LogP contribution >= 0.6 is 0 Å². The van der Waals surface area contributed by atoms with Crippen LogP contribution in [0.15, 0.2) is 36.8 Å². The molecule has 17 heavy (non-hydrogen) atoms. The summed E-state index contributed by atoms with van der Waals surface area (Å²) in [5.74, 6) is 0. The van der Waals surface area contributed by atoms with Gasteiger partial charge in [-0.15, -0.1) is 0 Å². The van der Waals surface area contributed by atoms with Crippen LogP contribution in [0.4, 0.5) is 0 Å². The molecule has 6 nitrogen and oxygen atoms in total. The van der Waals surface area contributed by atoms with E-state index >= 15 is 0 Å². The van der Waals surface area contributed by atoms with E-state index < -0.39 is 0 Å². The van der Waals surface area contributed by atoms with Crippen molar-refractivity contribution in [2.45, 2.75) is 3.43 Å². The number of hydrogen-bond donors (Lipinski definition) is 3. The molecule has 0 atom stereocenters. The Morgan fingerprint density at radius 3 is 1.35 bits per heavy atom. The van der Waals surface area contributed by atoms with Crippen molar-refractivity contribution in [1.82, 2.24) is 30.6 Å². The van der Waals surface area contributed by atoms with Gasteiger partial charge in [0.1, 0.15) is 0 Å². The third-order valence-corrected chi connectivity index (χ3v) is 4.85. The Hall–Kier alpha value is -1.57. The molecule has 3 N–H and O–H groups in total. The zero-order valence-corrected chi connectivity index (χ0v) is 11.7. The van der Waals surface area contributed by atoms with E-state index in [-0.39, 0.29) is 3.43 Å². The number of aromatic amines is 3. The maximum atomic E-state index is 4.29. The molecule has 3 aromatic heterocycles. The summed E-state index contributed by atoms with van der Waals surface area (Å²) in [5.41, 5.74) is 2.78. The molecule has 3 heterocycles. The van der Waals surface area contributed by atoms with Gasteiger partial charge >= 0.3 is 110 Å². The fraction of sp³-hybridized carbons (Fsp3) is 0.100. The Balaban J connectivity index is 2.21. The first kappa shape index (κ1) is 10.6. The van der Waals surface area contributed by atoms with E-state index in [0.29, 0.717) is 0 Å². The minimum atomic E-state index is -0.368. The van der Waals surface area contributed by atoms with Crippen molar-refractivity contribution in [1.29, 1.82) is 0 Å². The number of aromatic nitrogens is 6. The Kier molecular flexibility index (Phi) is 2.50. The van der Waals surface area contributed by atoms with E-state index in [9.17, 15) is 0 Å². The molecule has 83 valence electrons. The van der Waals surface area contributed by atoms with Crippen LogP contribution in [0.3, 0.4) is 0 Å². The average Bonchev–Trinajstić information content (AvgIpc) is 3.10.